The lowest BCUT2D eigenvalue weighted by Gasteiger charge is -2.28. The number of allylic oxidation sites excluding steroid dienone is 1. The maximum Gasteiger partial charge on any atom is 0.408 e. The highest BCUT2D eigenvalue weighted by atomic mass is 16.6. The van der Waals surface area contributed by atoms with Crippen LogP contribution in [-0.2, 0) is 14.3 Å². The van der Waals surface area contributed by atoms with Crippen molar-refractivity contribution in [3.63, 3.8) is 0 Å². The highest BCUT2D eigenvalue weighted by Crippen LogP contribution is 2.27. The number of nitrogens with one attached hydrogen (secondary N) is 1. The zero-order valence-electron chi connectivity index (χ0n) is 15.1. The minimum Gasteiger partial charge on any atom is -0.460 e. The van der Waals surface area contributed by atoms with Crippen molar-refractivity contribution >= 4 is 12.1 Å². The molecule has 3 unspecified atom stereocenters. The van der Waals surface area contributed by atoms with Crippen LogP contribution >= 0.6 is 0 Å². The summed E-state index contributed by atoms with van der Waals surface area (Å²) in [6.45, 7) is 13.2. The van der Waals surface area contributed by atoms with Gasteiger partial charge in [0.05, 0.1) is 12.0 Å². The summed E-state index contributed by atoms with van der Waals surface area (Å²) < 4.78 is 10.8. The van der Waals surface area contributed by atoms with Gasteiger partial charge in [0, 0.05) is 0 Å². The molecule has 0 saturated carbocycles. The van der Waals surface area contributed by atoms with E-state index in [4.69, 9.17) is 9.47 Å². The molecule has 0 aliphatic carbocycles. The minimum atomic E-state index is -0.553. The summed E-state index contributed by atoms with van der Waals surface area (Å²) >= 11 is 0. The summed E-state index contributed by atoms with van der Waals surface area (Å²) in [5, 5.41) is 2.90. The van der Waals surface area contributed by atoms with Crippen LogP contribution in [0, 0.1) is 11.8 Å². The molecule has 1 saturated heterocycles. The average Bonchev–Trinajstić information content (AvgIpc) is 2.73. The van der Waals surface area contributed by atoms with Gasteiger partial charge < -0.3 is 14.8 Å². The standard InChI is InChI=1S/C18H31NO4/c1-7-8-9-12(2)10-14(15-11-13(3)16(20)22-15)19-17(21)23-18(4,5)6/h7,12-15H,1,8-11H2,2-6H3,(H,19,21)/t12?,13?,14-,15?/m1/s1. The largest absolute Gasteiger partial charge is 0.460 e. The van der Waals surface area contributed by atoms with Gasteiger partial charge in [-0.15, -0.1) is 6.58 Å². The van der Waals surface area contributed by atoms with Crippen molar-refractivity contribution in [2.75, 3.05) is 0 Å². The van der Waals surface area contributed by atoms with Crippen LogP contribution in [0.1, 0.15) is 60.3 Å². The van der Waals surface area contributed by atoms with E-state index in [2.05, 4.69) is 18.8 Å². The molecule has 0 aromatic rings. The van der Waals surface area contributed by atoms with Gasteiger partial charge in [-0.25, -0.2) is 4.79 Å². The summed E-state index contributed by atoms with van der Waals surface area (Å²) in [5.74, 6) is 0.0821. The van der Waals surface area contributed by atoms with Gasteiger partial charge in [-0.3, -0.25) is 4.79 Å². The van der Waals surface area contributed by atoms with Crippen LogP contribution in [0.5, 0.6) is 0 Å². The van der Waals surface area contributed by atoms with Crippen LogP contribution in [0.3, 0.4) is 0 Å². The van der Waals surface area contributed by atoms with Gasteiger partial charge in [-0.2, -0.15) is 0 Å². The first-order chi connectivity index (χ1) is 10.6. The SMILES string of the molecule is C=CCCC(C)C[C@@H](NC(=O)OC(C)(C)C)C1CC(C)C(=O)O1. The quantitative estimate of drug-likeness (QED) is 0.571. The Labute approximate surface area is 139 Å². The Balaban J connectivity index is 2.70. The van der Waals surface area contributed by atoms with Gasteiger partial charge >= 0.3 is 12.1 Å². The Kier molecular flexibility index (Phi) is 7.10. The van der Waals surface area contributed by atoms with Gasteiger partial charge in [0.1, 0.15) is 11.7 Å². The molecule has 4 atom stereocenters. The number of esters is 1. The second-order valence-corrected chi connectivity index (χ2v) is 7.57. The monoisotopic (exact) mass is 325 g/mol. The van der Waals surface area contributed by atoms with Gasteiger partial charge in [0.2, 0.25) is 0 Å². The molecule has 0 radical (unpaired) electrons. The van der Waals surface area contributed by atoms with Crippen molar-refractivity contribution in [3.8, 4) is 0 Å². The molecular formula is C18H31NO4. The van der Waals surface area contributed by atoms with Crippen molar-refractivity contribution in [3.05, 3.63) is 12.7 Å². The smallest absolute Gasteiger partial charge is 0.408 e. The third kappa shape index (κ3) is 7.06. The molecule has 1 rings (SSSR count). The molecule has 0 spiro atoms. The second kappa shape index (κ2) is 8.37. The van der Waals surface area contributed by atoms with Gasteiger partial charge in [-0.1, -0.05) is 19.9 Å². The maximum atomic E-state index is 12.1. The van der Waals surface area contributed by atoms with Gasteiger partial charge in [0.25, 0.3) is 0 Å². The van der Waals surface area contributed by atoms with E-state index in [1.54, 1.807) is 0 Å². The number of rotatable bonds is 7. The summed E-state index contributed by atoms with van der Waals surface area (Å²) in [5.41, 5.74) is -0.553. The van der Waals surface area contributed by atoms with E-state index in [0.29, 0.717) is 12.3 Å². The number of amides is 1. The molecule has 132 valence electrons. The van der Waals surface area contributed by atoms with Crippen LogP contribution in [-0.4, -0.2) is 29.8 Å². The molecule has 1 N–H and O–H groups in total. The van der Waals surface area contributed by atoms with Crippen molar-refractivity contribution < 1.29 is 19.1 Å². The molecule has 0 aromatic heterocycles. The van der Waals surface area contributed by atoms with Gasteiger partial charge in [0.15, 0.2) is 0 Å². The summed E-state index contributed by atoms with van der Waals surface area (Å²) in [6, 6.07) is -0.224. The lowest BCUT2D eigenvalue weighted by molar-refractivity contribution is -0.145. The third-order valence-electron chi connectivity index (χ3n) is 3.93. The fourth-order valence-corrected chi connectivity index (χ4v) is 2.72. The fraction of sp³-hybridized carbons (Fsp3) is 0.778. The Bertz CT molecular complexity index is 427. The van der Waals surface area contributed by atoms with Crippen LogP contribution in [0.4, 0.5) is 4.79 Å². The van der Waals surface area contributed by atoms with Crippen LogP contribution < -0.4 is 5.32 Å². The molecule has 1 amide bonds. The molecule has 0 aromatic carbocycles. The van der Waals surface area contributed by atoms with Crippen molar-refractivity contribution in [1.82, 2.24) is 5.32 Å². The maximum absolute atomic E-state index is 12.1. The molecule has 1 fully saturated rings. The number of hydrogen-bond acceptors (Lipinski definition) is 4. The van der Waals surface area contributed by atoms with E-state index in [1.807, 2.05) is 33.8 Å². The first-order valence-electron chi connectivity index (χ1n) is 8.43. The Morgan fingerprint density at radius 3 is 2.65 bits per heavy atom. The molecule has 5 nitrogen and oxygen atoms in total. The predicted octanol–water partition coefficient (Wildman–Crippen LogP) is 3.82. The Morgan fingerprint density at radius 2 is 2.17 bits per heavy atom. The minimum absolute atomic E-state index is 0.119. The zero-order chi connectivity index (χ0) is 17.6. The number of cyclic esters (lactones) is 1. The molecule has 1 heterocycles. The fourth-order valence-electron chi connectivity index (χ4n) is 2.72. The predicted molar refractivity (Wildman–Crippen MR) is 90.0 cm³/mol. The first-order valence-corrected chi connectivity index (χ1v) is 8.43. The third-order valence-corrected chi connectivity index (χ3v) is 3.93. The second-order valence-electron chi connectivity index (χ2n) is 7.57. The molecule has 5 heteroatoms. The van der Waals surface area contributed by atoms with E-state index in [9.17, 15) is 9.59 Å². The normalized spacial score (nSPS) is 23.8. The van der Waals surface area contributed by atoms with E-state index < -0.39 is 11.7 Å². The lowest BCUT2D eigenvalue weighted by atomic mass is 9.92. The lowest BCUT2D eigenvalue weighted by Crippen LogP contribution is -2.46. The van der Waals surface area contributed by atoms with Crippen LogP contribution in [0.2, 0.25) is 0 Å². The molecule has 0 bridgehead atoms. The summed E-state index contributed by atoms with van der Waals surface area (Å²) in [7, 11) is 0. The highest BCUT2D eigenvalue weighted by molar-refractivity contribution is 5.74. The van der Waals surface area contributed by atoms with E-state index in [0.717, 1.165) is 19.3 Å². The van der Waals surface area contributed by atoms with Crippen LogP contribution in [0.15, 0.2) is 12.7 Å². The van der Waals surface area contributed by atoms with E-state index in [1.165, 1.54) is 0 Å². The molecular weight excluding hydrogens is 294 g/mol. The zero-order valence-corrected chi connectivity index (χ0v) is 15.1. The van der Waals surface area contributed by atoms with Crippen LogP contribution in [0.25, 0.3) is 0 Å². The average molecular weight is 325 g/mol. The Hall–Kier alpha value is -1.52. The first kappa shape index (κ1) is 19.5. The molecule has 1 aliphatic heterocycles. The number of carbonyl (C=O) groups excluding carboxylic acids is 2. The van der Waals surface area contributed by atoms with E-state index in [-0.39, 0.29) is 24.0 Å². The number of hydrogen-bond donors (Lipinski definition) is 1. The summed E-state index contributed by atoms with van der Waals surface area (Å²) in [6.07, 6.45) is 4.45. The number of carbonyl (C=O) groups is 2. The van der Waals surface area contributed by atoms with Gasteiger partial charge in [-0.05, 0) is 52.4 Å². The summed E-state index contributed by atoms with van der Waals surface area (Å²) in [4.78, 5) is 23.8. The highest BCUT2D eigenvalue weighted by Gasteiger charge is 2.38. The topological polar surface area (TPSA) is 64.6 Å². The Morgan fingerprint density at radius 1 is 1.52 bits per heavy atom. The molecule has 1 aliphatic rings. The van der Waals surface area contributed by atoms with Crippen molar-refractivity contribution in [1.29, 1.82) is 0 Å². The number of alkyl carbamates (subject to hydrolysis) is 1. The van der Waals surface area contributed by atoms with Crippen molar-refractivity contribution in [2.24, 2.45) is 11.8 Å². The number of ether oxygens (including phenoxy) is 2. The molecule has 23 heavy (non-hydrogen) atoms. The van der Waals surface area contributed by atoms with Crippen molar-refractivity contribution in [2.45, 2.75) is 78.0 Å². The van der Waals surface area contributed by atoms with E-state index >= 15 is 0 Å².